The predicted octanol–water partition coefficient (Wildman–Crippen LogP) is 25.9. The normalized spacial score (nSPS) is 10.7. The number of carbonyl (C=O) groups is 7. The van der Waals surface area contributed by atoms with Crippen LogP contribution in [0, 0.1) is 0 Å². The maximum Gasteiger partial charge on any atom is 0.357 e. The van der Waals surface area contributed by atoms with Gasteiger partial charge in [0, 0.05) is 52.3 Å². The molecule has 8 aromatic carbocycles. The number of nitrogens with zero attached hydrogens (tertiary/aromatic N) is 7. The van der Waals surface area contributed by atoms with Crippen molar-refractivity contribution < 1.29 is 76.2 Å². The van der Waals surface area contributed by atoms with Gasteiger partial charge in [-0.25, -0.2) is 58.7 Å². The molecule has 0 N–H and O–H groups in total. The smallest absolute Gasteiger partial charge is 0.357 e. The van der Waals surface area contributed by atoms with Crippen molar-refractivity contribution in [1.29, 1.82) is 0 Å². The monoisotopic (exact) mass is 1880 g/mol. The van der Waals surface area contributed by atoms with Gasteiger partial charge in [-0.2, -0.15) is 0 Å². The summed E-state index contributed by atoms with van der Waals surface area (Å²) < 4.78 is 45.8. The fraction of sp³-hybridized carbons (Fsp3) is 0.248. The summed E-state index contributed by atoms with van der Waals surface area (Å²) in [6, 6.07) is 100. The van der Waals surface area contributed by atoms with Crippen LogP contribution in [0.25, 0.3) is 101 Å². The number of rotatable bonds is 34. The molecule has 0 radical (unpaired) electrons. The van der Waals surface area contributed by atoms with Gasteiger partial charge in [0.2, 0.25) is 0 Å². The minimum Gasteiger partial charge on any atom is -0.494 e. The van der Waals surface area contributed by atoms with Crippen molar-refractivity contribution in [2.24, 2.45) is 0 Å². The van der Waals surface area contributed by atoms with Gasteiger partial charge in [-0.1, -0.05) is 259 Å². The van der Waals surface area contributed by atoms with Gasteiger partial charge in [-0.05, 0) is 216 Å². The summed E-state index contributed by atoms with van der Waals surface area (Å²) in [5.41, 5.74) is 19.6. The molecule has 140 heavy (non-hydrogen) atoms. The third-order valence-corrected chi connectivity index (χ3v) is 21.5. The largest absolute Gasteiger partial charge is 0.494 e. The Morgan fingerprint density at radius 2 is 0.629 bits per heavy atom. The summed E-state index contributed by atoms with van der Waals surface area (Å²) in [6.45, 7) is 21.3. The fourth-order valence-electron chi connectivity index (χ4n) is 14.2. The van der Waals surface area contributed by atoms with Crippen LogP contribution >= 0.6 is 0 Å². The second-order valence-electron chi connectivity index (χ2n) is 31.9. The summed E-state index contributed by atoms with van der Waals surface area (Å²) in [5.74, 6) is -1.83. The zero-order chi connectivity index (χ0) is 99.8. The number of unbranched alkanes of at least 4 members (excludes halogenated alkanes) is 5. The van der Waals surface area contributed by atoms with Gasteiger partial charge in [0.25, 0.3) is 0 Å². The second kappa shape index (κ2) is 57.2. The van der Waals surface area contributed by atoms with Crippen LogP contribution in [0.4, 0.5) is 0 Å². The molecule has 7 aromatic heterocycles. The van der Waals surface area contributed by atoms with E-state index in [0.29, 0.717) is 67.2 Å². The molecule has 0 aliphatic rings. The van der Waals surface area contributed by atoms with Gasteiger partial charge in [0.05, 0.1) is 105 Å². The minimum atomic E-state index is -0.438. The van der Waals surface area contributed by atoms with Crippen LogP contribution in [-0.2, 0) is 55.5 Å². The van der Waals surface area contributed by atoms with E-state index >= 15 is 0 Å². The Hall–Kier alpha value is -15.9. The highest BCUT2D eigenvalue weighted by molar-refractivity contribution is 5.97. The zero-order valence-electron chi connectivity index (χ0n) is 81.5. The first-order chi connectivity index (χ1) is 68.2. The second-order valence-corrected chi connectivity index (χ2v) is 31.9. The Kier molecular flexibility index (Phi) is 43.4. The number of pyridine rings is 7. The molecular weight excluding hydrogens is 1760 g/mol. The van der Waals surface area contributed by atoms with E-state index in [0.717, 1.165) is 121 Å². The lowest BCUT2D eigenvalue weighted by Gasteiger charge is -2.10. The SMILES string of the molecule is CCCCCCCCOc1ccc(-c2cccc(C(=O)OCC)n2)cc1.CCCc1ccc(-c2cccc(C(=O)OC(C)C)n2)cc1.CCOC(=O)c1cccc(-c2ccc(-c3cccc4ccccc34)cc2)n1.CCOC(=O)c1cccc(-c2ccc(-c3ccccn3)cc2)n1.CCOC(=O)c1cccc(-c2ccc(C(C)OC)cc2)n1.CCOC(=O)c1cccc(-c2ccc(CC(=O)OC)cc2)n1. The molecule has 0 saturated carbocycles. The number of methoxy groups -OCH3 is 2. The standard InChI is InChI=1S/C24H19NO2.C22H29NO3.C19H16N2O2.C18H21NO2.C17H17NO4.C17H19NO3/c1-2-27-24(26)23-12-6-11-22(25-23)19-15-13-18(14-16-19)21-10-5-8-17-7-3-4-9-20(17)21;1-3-5-6-7-8-9-17-26-19-15-13-18(14-16-19)20-11-10-12-21(23-20)22(24)25-4-2;1-2-23-19(22)18-8-5-7-17(21-18)15-11-9-14(10-12-15)16-6-3-4-13-20-16;1-4-6-14-9-11-15(12-10-14)16-7-5-8-17(19-16)18(20)21-13(2)3;1-3-22-17(20)15-6-4-5-14(18-15)13-9-7-12(8-10-13)11-16(19)21-2;1-4-21-17(19)16-7-5-6-15(18-16)14-10-8-13(9-11-14)12(2)20-3/h3-16H,2H2,1H3;10-16H,3-9,17H2,1-2H3;3-13H,2H2,1H3;5,7-13H,4,6H2,1-3H3;4-10H,3,11H2,1-2H3;5-12H,4H2,1-3H3. The van der Waals surface area contributed by atoms with Crippen LogP contribution < -0.4 is 4.74 Å². The van der Waals surface area contributed by atoms with Gasteiger partial charge < -0.3 is 42.6 Å². The molecule has 7 heterocycles. The molecule has 1 atom stereocenters. The maximum atomic E-state index is 11.9. The lowest BCUT2D eigenvalue weighted by Crippen LogP contribution is -2.13. The van der Waals surface area contributed by atoms with Crippen LogP contribution in [-0.4, -0.2) is 137 Å². The van der Waals surface area contributed by atoms with Crippen molar-refractivity contribution in [2.75, 3.05) is 53.9 Å². The zero-order valence-corrected chi connectivity index (χ0v) is 81.5. The van der Waals surface area contributed by atoms with Crippen LogP contribution in [0.2, 0.25) is 0 Å². The minimum absolute atomic E-state index is 0.0536. The number of carbonyl (C=O) groups excluding carboxylic acids is 7. The van der Waals surface area contributed by atoms with E-state index in [1.165, 1.54) is 61.1 Å². The van der Waals surface area contributed by atoms with Crippen LogP contribution in [0.3, 0.4) is 0 Å². The number of aryl methyl sites for hydroxylation is 1. The van der Waals surface area contributed by atoms with Gasteiger partial charge in [-0.3, -0.25) is 9.78 Å². The third kappa shape index (κ3) is 33.3. The average molecular weight is 1880 g/mol. The molecule has 0 saturated heterocycles. The molecule has 0 spiro atoms. The number of esters is 7. The molecule has 1 unspecified atom stereocenters. The highest BCUT2D eigenvalue weighted by Crippen LogP contribution is 2.33. The molecule has 0 aliphatic carbocycles. The first kappa shape index (κ1) is 106. The number of hydrogen-bond donors (Lipinski definition) is 0. The Morgan fingerprint density at radius 3 is 1.00 bits per heavy atom. The molecule has 15 rings (SSSR count). The number of aromatic nitrogens is 7. The van der Waals surface area contributed by atoms with Crippen molar-refractivity contribution in [3.63, 3.8) is 0 Å². The van der Waals surface area contributed by atoms with E-state index < -0.39 is 29.8 Å². The summed E-state index contributed by atoms with van der Waals surface area (Å²) in [6.07, 6.45) is 11.7. The topological polar surface area (TPSA) is 293 Å². The van der Waals surface area contributed by atoms with E-state index in [9.17, 15) is 33.6 Å². The number of benzene rings is 8. The quantitative estimate of drug-likeness (QED) is 0.0206. The first-order valence-electron chi connectivity index (χ1n) is 47.3. The number of ether oxygens (including phenoxy) is 9. The van der Waals surface area contributed by atoms with Crippen molar-refractivity contribution in [3.05, 3.63) is 373 Å². The average Bonchev–Trinajstić information content (AvgIpc) is 0.795. The van der Waals surface area contributed by atoms with Crippen LogP contribution in [0.15, 0.2) is 322 Å². The Bertz CT molecular complexity index is 6440. The summed E-state index contributed by atoms with van der Waals surface area (Å²) in [7, 11) is 3.05. The van der Waals surface area contributed by atoms with Crippen LogP contribution in [0.5, 0.6) is 5.75 Å². The van der Waals surface area contributed by atoms with E-state index in [1.807, 2.05) is 215 Å². The summed E-state index contributed by atoms with van der Waals surface area (Å²) in [4.78, 5) is 113. The van der Waals surface area contributed by atoms with Crippen molar-refractivity contribution in [1.82, 2.24) is 34.9 Å². The number of hydrogen-bond acceptors (Lipinski definition) is 23. The summed E-state index contributed by atoms with van der Waals surface area (Å²) in [5, 5.41) is 2.46. The van der Waals surface area contributed by atoms with Crippen molar-refractivity contribution in [2.45, 2.75) is 139 Å². The van der Waals surface area contributed by atoms with Gasteiger partial charge in [0.15, 0.2) is 0 Å². The number of fused-ring (bicyclic) bond motifs is 1. The molecule has 0 amide bonds. The predicted molar refractivity (Wildman–Crippen MR) is 549 cm³/mol. The third-order valence-electron chi connectivity index (χ3n) is 21.5. The molecule has 23 heteroatoms. The fourth-order valence-corrected chi connectivity index (χ4v) is 14.2. The van der Waals surface area contributed by atoms with E-state index in [4.69, 9.17) is 37.9 Å². The Labute approximate surface area is 820 Å². The Balaban J connectivity index is 0.000000173. The van der Waals surface area contributed by atoms with Gasteiger partial charge >= 0.3 is 41.8 Å². The molecule has 0 aliphatic heterocycles. The first-order valence-corrected chi connectivity index (χ1v) is 47.3. The van der Waals surface area contributed by atoms with Crippen LogP contribution in [0.1, 0.15) is 200 Å². The van der Waals surface area contributed by atoms with E-state index in [-0.39, 0.29) is 36.3 Å². The lowest BCUT2D eigenvalue weighted by atomic mass is 9.97. The Morgan fingerprint density at radius 1 is 0.300 bits per heavy atom. The van der Waals surface area contributed by atoms with Gasteiger partial charge in [0.1, 0.15) is 39.9 Å². The highest BCUT2D eigenvalue weighted by Gasteiger charge is 2.19. The molecule has 23 nitrogen and oxygen atoms in total. The van der Waals surface area contributed by atoms with Crippen molar-refractivity contribution in [3.8, 4) is 95.7 Å². The maximum absolute atomic E-state index is 11.9. The molecule has 15 aromatic rings. The molecule has 0 fully saturated rings. The summed E-state index contributed by atoms with van der Waals surface area (Å²) >= 11 is 0. The van der Waals surface area contributed by atoms with Crippen molar-refractivity contribution >= 4 is 52.6 Å². The molecular formula is C117H121N7O16. The van der Waals surface area contributed by atoms with E-state index in [2.05, 4.69) is 120 Å². The molecule has 720 valence electrons. The van der Waals surface area contributed by atoms with E-state index in [1.54, 1.807) is 103 Å². The molecule has 0 bridgehead atoms. The lowest BCUT2D eigenvalue weighted by molar-refractivity contribution is -0.139. The van der Waals surface area contributed by atoms with Gasteiger partial charge in [-0.15, -0.1) is 0 Å². The highest BCUT2D eigenvalue weighted by atomic mass is 16.6.